The lowest BCUT2D eigenvalue weighted by Crippen LogP contribution is -1.78. The zero-order chi connectivity index (χ0) is 9.38. The number of thiophene rings is 2. The van der Waals surface area contributed by atoms with E-state index in [4.69, 9.17) is 0 Å². The standard InChI is InChI=1S/C11H7NS2/c1-2-10(13-6-1)8-3-4-11-9(12-8)5-7-14-11/h1-7H. The van der Waals surface area contributed by atoms with E-state index in [1.54, 1.807) is 22.7 Å². The predicted octanol–water partition coefficient (Wildman–Crippen LogP) is 4.02. The lowest BCUT2D eigenvalue weighted by Gasteiger charge is -1.95. The van der Waals surface area contributed by atoms with E-state index in [2.05, 4.69) is 46.1 Å². The fraction of sp³-hybridized carbons (Fsp3) is 0. The van der Waals surface area contributed by atoms with Crippen LogP contribution in [-0.2, 0) is 0 Å². The Labute approximate surface area is 89.7 Å². The van der Waals surface area contributed by atoms with Gasteiger partial charge in [-0.25, -0.2) is 4.98 Å². The van der Waals surface area contributed by atoms with Crippen molar-refractivity contribution in [1.82, 2.24) is 4.98 Å². The largest absolute Gasteiger partial charge is 0.246 e. The van der Waals surface area contributed by atoms with E-state index in [0.717, 1.165) is 11.2 Å². The Morgan fingerprint density at radius 1 is 0.929 bits per heavy atom. The van der Waals surface area contributed by atoms with Crippen LogP contribution in [0.3, 0.4) is 0 Å². The molecule has 0 saturated carbocycles. The van der Waals surface area contributed by atoms with Crippen LogP contribution in [0, 0.1) is 0 Å². The summed E-state index contributed by atoms with van der Waals surface area (Å²) >= 11 is 3.46. The van der Waals surface area contributed by atoms with Gasteiger partial charge in [-0.05, 0) is 35.0 Å². The van der Waals surface area contributed by atoms with E-state index in [0.29, 0.717) is 0 Å². The van der Waals surface area contributed by atoms with Gasteiger partial charge in [0.2, 0.25) is 0 Å². The van der Waals surface area contributed by atoms with Crippen molar-refractivity contribution in [2.75, 3.05) is 0 Å². The molecule has 0 aliphatic carbocycles. The first-order valence-electron chi connectivity index (χ1n) is 4.31. The van der Waals surface area contributed by atoms with Crippen molar-refractivity contribution in [3.05, 3.63) is 41.1 Å². The molecule has 0 N–H and O–H groups in total. The van der Waals surface area contributed by atoms with Crippen LogP contribution in [-0.4, -0.2) is 4.98 Å². The first kappa shape index (κ1) is 8.15. The molecule has 3 aromatic rings. The van der Waals surface area contributed by atoms with Gasteiger partial charge in [-0.3, -0.25) is 0 Å². The summed E-state index contributed by atoms with van der Waals surface area (Å²) in [5.74, 6) is 0. The highest BCUT2D eigenvalue weighted by molar-refractivity contribution is 7.17. The average Bonchev–Trinajstić information content (AvgIpc) is 2.88. The molecule has 0 fully saturated rings. The lowest BCUT2D eigenvalue weighted by molar-refractivity contribution is 1.44. The van der Waals surface area contributed by atoms with Crippen LogP contribution in [0.1, 0.15) is 0 Å². The minimum absolute atomic E-state index is 1.07. The quantitative estimate of drug-likeness (QED) is 0.600. The van der Waals surface area contributed by atoms with Gasteiger partial charge < -0.3 is 0 Å². The number of hydrogen-bond donors (Lipinski definition) is 0. The Hall–Kier alpha value is -1.19. The van der Waals surface area contributed by atoms with Crippen molar-refractivity contribution in [2.24, 2.45) is 0 Å². The molecule has 3 heterocycles. The third kappa shape index (κ3) is 1.25. The van der Waals surface area contributed by atoms with Crippen molar-refractivity contribution >= 4 is 32.9 Å². The van der Waals surface area contributed by atoms with Crippen LogP contribution in [0.2, 0.25) is 0 Å². The normalized spacial score (nSPS) is 10.9. The third-order valence-corrected chi connectivity index (χ3v) is 3.84. The van der Waals surface area contributed by atoms with Crippen molar-refractivity contribution in [3.63, 3.8) is 0 Å². The molecule has 0 radical (unpaired) electrons. The van der Waals surface area contributed by atoms with Crippen molar-refractivity contribution < 1.29 is 0 Å². The molecule has 0 unspecified atom stereocenters. The van der Waals surface area contributed by atoms with Crippen molar-refractivity contribution in [3.8, 4) is 10.6 Å². The fourth-order valence-corrected chi connectivity index (χ4v) is 2.83. The zero-order valence-corrected chi connectivity index (χ0v) is 8.94. The Morgan fingerprint density at radius 3 is 2.79 bits per heavy atom. The van der Waals surface area contributed by atoms with Gasteiger partial charge in [-0.1, -0.05) is 6.07 Å². The van der Waals surface area contributed by atoms with Gasteiger partial charge in [0.15, 0.2) is 0 Å². The molecule has 0 atom stereocenters. The maximum atomic E-state index is 4.60. The second-order valence-electron chi connectivity index (χ2n) is 2.98. The van der Waals surface area contributed by atoms with Crippen LogP contribution < -0.4 is 0 Å². The topological polar surface area (TPSA) is 12.9 Å². The van der Waals surface area contributed by atoms with Crippen LogP contribution in [0.4, 0.5) is 0 Å². The molecule has 1 nitrogen and oxygen atoms in total. The molecule has 0 amide bonds. The maximum Gasteiger partial charge on any atom is 0.0817 e. The molecule has 68 valence electrons. The Kier molecular flexibility index (Phi) is 1.85. The van der Waals surface area contributed by atoms with E-state index in [1.165, 1.54) is 9.58 Å². The van der Waals surface area contributed by atoms with Gasteiger partial charge in [0.25, 0.3) is 0 Å². The van der Waals surface area contributed by atoms with Crippen LogP contribution in [0.5, 0.6) is 0 Å². The molecule has 14 heavy (non-hydrogen) atoms. The second kappa shape index (κ2) is 3.19. The molecule has 3 rings (SSSR count). The monoisotopic (exact) mass is 217 g/mol. The molecule has 0 aliphatic rings. The molecule has 0 saturated heterocycles. The van der Waals surface area contributed by atoms with Crippen molar-refractivity contribution in [2.45, 2.75) is 0 Å². The lowest BCUT2D eigenvalue weighted by atomic mass is 10.3. The van der Waals surface area contributed by atoms with Crippen LogP contribution >= 0.6 is 22.7 Å². The number of fused-ring (bicyclic) bond motifs is 1. The Morgan fingerprint density at radius 2 is 1.93 bits per heavy atom. The molecule has 0 aliphatic heterocycles. The summed E-state index contributed by atoms with van der Waals surface area (Å²) in [6, 6.07) is 10.5. The third-order valence-electron chi connectivity index (χ3n) is 2.08. The molecule has 0 spiro atoms. The average molecular weight is 217 g/mol. The van der Waals surface area contributed by atoms with Crippen LogP contribution in [0.15, 0.2) is 41.1 Å². The number of rotatable bonds is 1. The predicted molar refractivity (Wildman–Crippen MR) is 62.9 cm³/mol. The van der Waals surface area contributed by atoms with E-state index in [-0.39, 0.29) is 0 Å². The summed E-state index contributed by atoms with van der Waals surface area (Å²) in [6.07, 6.45) is 0. The van der Waals surface area contributed by atoms with E-state index < -0.39 is 0 Å². The second-order valence-corrected chi connectivity index (χ2v) is 4.87. The van der Waals surface area contributed by atoms with Gasteiger partial charge in [0, 0.05) is 0 Å². The highest BCUT2D eigenvalue weighted by Crippen LogP contribution is 2.26. The number of aromatic nitrogens is 1. The SMILES string of the molecule is c1csc(-c2ccc3sccc3n2)c1. The van der Waals surface area contributed by atoms with E-state index in [1.807, 2.05) is 0 Å². The summed E-state index contributed by atoms with van der Waals surface area (Å²) in [5, 5.41) is 4.16. The van der Waals surface area contributed by atoms with E-state index in [9.17, 15) is 0 Å². The minimum atomic E-state index is 1.07. The first-order valence-corrected chi connectivity index (χ1v) is 6.07. The first-order chi connectivity index (χ1) is 6.93. The van der Waals surface area contributed by atoms with Gasteiger partial charge in [-0.2, -0.15) is 0 Å². The highest BCUT2D eigenvalue weighted by Gasteiger charge is 2.02. The number of pyridine rings is 1. The Bertz CT molecular complexity index is 551. The summed E-state index contributed by atoms with van der Waals surface area (Å²) in [5.41, 5.74) is 2.17. The van der Waals surface area contributed by atoms with Crippen molar-refractivity contribution in [1.29, 1.82) is 0 Å². The maximum absolute atomic E-state index is 4.60. The summed E-state index contributed by atoms with van der Waals surface area (Å²) < 4.78 is 1.25. The van der Waals surface area contributed by atoms with Gasteiger partial charge in [-0.15, -0.1) is 22.7 Å². The molecule has 3 heteroatoms. The number of nitrogens with zero attached hydrogens (tertiary/aromatic N) is 1. The summed E-state index contributed by atoms with van der Waals surface area (Å²) in [6.45, 7) is 0. The summed E-state index contributed by atoms with van der Waals surface area (Å²) in [4.78, 5) is 5.83. The fourth-order valence-electron chi connectivity index (χ4n) is 1.41. The zero-order valence-electron chi connectivity index (χ0n) is 7.31. The molecule has 0 bridgehead atoms. The summed E-state index contributed by atoms with van der Waals surface area (Å²) in [7, 11) is 0. The highest BCUT2D eigenvalue weighted by atomic mass is 32.1. The van der Waals surface area contributed by atoms with Gasteiger partial charge in [0.1, 0.15) is 0 Å². The minimum Gasteiger partial charge on any atom is -0.246 e. The molecular weight excluding hydrogens is 210 g/mol. The van der Waals surface area contributed by atoms with E-state index >= 15 is 0 Å². The molecular formula is C11H7NS2. The Balaban J connectivity index is 2.23. The van der Waals surface area contributed by atoms with Gasteiger partial charge in [0.05, 0.1) is 20.8 Å². The van der Waals surface area contributed by atoms with Crippen LogP contribution in [0.25, 0.3) is 20.8 Å². The van der Waals surface area contributed by atoms with Gasteiger partial charge >= 0.3 is 0 Å². The smallest absolute Gasteiger partial charge is 0.0817 e. The molecule has 0 aromatic carbocycles. The molecule has 3 aromatic heterocycles. The number of hydrogen-bond acceptors (Lipinski definition) is 3.